The molecule has 2 aliphatic heterocycles. The molecule has 0 aromatic carbocycles. The first-order valence-corrected chi connectivity index (χ1v) is 16.8. The minimum absolute atomic E-state index is 0.0541. The molecule has 0 radical (unpaired) electrons. The molecule has 0 unspecified atom stereocenters. The van der Waals surface area contributed by atoms with E-state index in [4.69, 9.17) is 10.6 Å². The van der Waals surface area contributed by atoms with Crippen LogP contribution < -0.4 is 21.0 Å². The molecule has 1 aliphatic carbocycles. The normalized spacial score (nSPS) is 19.0. The highest BCUT2D eigenvalue weighted by atomic mass is 32.2. The van der Waals surface area contributed by atoms with Gasteiger partial charge in [0.1, 0.15) is 35.5 Å². The Bertz CT molecular complexity index is 1890. The molecule has 5 heterocycles. The van der Waals surface area contributed by atoms with Crippen LogP contribution in [0.2, 0.25) is 0 Å². The number of oxime groups is 1. The molecule has 1 saturated heterocycles. The highest BCUT2D eigenvalue weighted by molar-refractivity contribution is 8.01. The molecule has 0 spiro atoms. The van der Waals surface area contributed by atoms with Gasteiger partial charge < -0.3 is 31.3 Å². The second kappa shape index (κ2) is 12.7. The third-order valence-electron chi connectivity index (χ3n) is 7.74. The van der Waals surface area contributed by atoms with Gasteiger partial charge in [0.15, 0.2) is 35.1 Å². The van der Waals surface area contributed by atoms with Gasteiger partial charge in [-0.25, -0.2) is 14.3 Å². The van der Waals surface area contributed by atoms with Gasteiger partial charge in [-0.05, 0) is 18.4 Å². The molecule has 3 aromatic rings. The number of hydrogen-bond acceptors (Lipinski definition) is 13. The summed E-state index contributed by atoms with van der Waals surface area (Å²) in [6.45, 7) is -0.463. The van der Waals surface area contributed by atoms with E-state index in [9.17, 15) is 34.6 Å². The fraction of sp³-hybridized carbons (Fsp3) is 0.321. The van der Waals surface area contributed by atoms with Gasteiger partial charge in [0.25, 0.3) is 11.8 Å². The van der Waals surface area contributed by atoms with Crippen molar-refractivity contribution in [2.45, 2.75) is 42.2 Å². The number of nitrogens with two attached hydrogens (primary N) is 1. The first kappa shape index (κ1) is 31.4. The smallest absolute Gasteiger partial charge is 0.352 e. The SMILES string of the molecule is C[n+]1ccc(SCC2=C(C(=O)O)N3C(=O)[C@@H](NC(=O)/C(=N/OCc4cc(=O)c(O)cn4O)c4csc(N)n4)[C@H]3SC2)c2c1CCC2. The minimum atomic E-state index is -1.21. The molecule has 2 atom stereocenters. The molecule has 2 amide bonds. The average molecular weight is 687 g/mol. The number of aromatic hydroxyl groups is 1. The minimum Gasteiger partial charge on any atom is -0.503 e. The van der Waals surface area contributed by atoms with Crippen LogP contribution >= 0.6 is 34.9 Å². The van der Waals surface area contributed by atoms with Crippen molar-refractivity contribution in [2.24, 2.45) is 12.2 Å². The number of fused-ring (bicyclic) bond motifs is 2. The average Bonchev–Trinajstić information content (AvgIpc) is 3.69. The summed E-state index contributed by atoms with van der Waals surface area (Å²) in [4.78, 5) is 62.5. The number of pyridine rings is 2. The number of carboxylic acid groups (broad SMARTS) is 1. The predicted octanol–water partition coefficient (Wildman–Crippen LogP) is 0.595. The number of carboxylic acids is 1. The van der Waals surface area contributed by atoms with Crippen molar-refractivity contribution in [3.05, 3.63) is 74.0 Å². The summed E-state index contributed by atoms with van der Waals surface area (Å²) in [5.41, 5.74) is 7.77. The van der Waals surface area contributed by atoms with Crippen LogP contribution in [0.3, 0.4) is 0 Å². The molecule has 18 heteroatoms. The number of β-lactam (4-membered cyclic amide) rings is 1. The number of amides is 2. The Morgan fingerprint density at radius 1 is 1.33 bits per heavy atom. The fourth-order valence-corrected chi connectivity index (χ4v) is 8.62. The van der Waals surface area contributed by atoms with E-state index in [0.717, 1.165) is 47.8 Å². The number of nitrogens with one attached hydrogen (secondary N) is 1. The summed E-state index contributed by atoms with van der Waals surface area (Å²) in [7, 11) is 2.02. The second-order valence-electron chi connectivity index (χ2n) is 10.6. The van der Waals surface area contributed by atoms with Crippen LogP contribution in [0.4, 0.5) is 5.13 Å². The third-order valence-corrected chi connectivity index (χ3v) is 10.9. The molecule has 46 heavy (non-hydrogen) atoms. The number of thiazole rings is 1. The number of aliphatic carboxylic acids is 1. The van der Waals surface area contributed by atoms with Gasteiger partial charge >= 0.3 is 5.97 Å². The molecule has 0 saturated carbocycles. The summed E-state index contributed by atoms with van der Waals surface area (Å²) in [5, 5.41) is 36.9. The number of rotatable bonds is 10. The quantitative estimate of drug-likeness (QED) is 0.0495. The molecule has 3 aliphatic rings. The van der Waals surface area contributed by atoms with E-state index in [1.165, 1.54) is 33.3 Å². The number of carbonyl (C=O) groups is 3. The summed E-state index contributed by atoms with van der Waals surface area (Å²) in [6, 6.07) is 1.93. The van der Waals surface area contributed by atoms with Crippen LogP contribution in [-0.4, -0.2) is 76.5 Å². The van der Waals surface area contributed by atoms with Gasteiger partial charge in [0.05, 0.1) is 6.20 Å². The highest BCUT2D eigenvalue weighted by Gasteiger charge is 2.54. The lowest BCUT2D eigenvalue weighted by atomic mass is 10.0. The number of nitrogens with zero attached hydrogens (tertiary/aromatic N) is 5. The zero-order valence-corrected chi connectivity index (χ0v) is 26.7. The topological polar surface area (TPSA) is 214 Å². The van der Waals surface area contributed by atoms with Crippen molar-refractivity contribution < 1.29 is 39.2 Å². The maximum atomic E-state index is 13.4. The molecular formula is C28H28N7O8S3+. The number of aryl methyl sites for hydroxylation is 1. The van der Waals surface area contributed by atoms with E-state index in [0.29, 0.717) is 21.8 Å². The number of anilines is 1. The molecule has 0 bridgehead atoms. The molecule has 240 valence electrons. The van der Waals surface area contributed by atoms with Crippen molar-refractivity contribution in [3.8, 4) is 5.75 Å². The lowest BCUT2D eigenvalue weighted by molar-refractivity contribution is -0.679. The summed E-state index contributed by atoms with van der Waals surface area (Å²) >= 11 is 3.96. The van der Waals surface area contributed by atoms with Gasteiger partial charge in [0.2, 0.25) is 5.43 Å². The van der Waals surface area contributed by atoms with E-state index in [1.807, 2.05) is 19.3 Å². The van der Waals surface area contributed by atoms with Crippen molar-refractivity contribution >= 4 is 63.5 Å². The van der Waals surface area contributed by atoms with Gasteiger partial charge in [-0.15, -0.1) is 34.9 Å². The molecule has 3 aromatic heterocycles. The van der Waals surface area contributed by atoms with Crippen molar-refractivity contribution in [2.75, 3.05) is 17.2 Å². The van der Waals surface area contributed by atoms with E-state index in [1.54, 1.807) is 11.8 Å². The van der Waals surface area contributed by atoms with E-state index in [2.05, 4.69) is 20.0 Å². The van der Waals surface area contributed by atoms with E-state index in [-0.39, 0.29) is 27.9 Å². The summed E-state index contributed by atoms with van der Waals surface area (Å²) in [6.07, 6.45) is 5.86. The molecule has 15 nitrogen and oxygen atoms in total. The maximum absolute atomic E-state index is 13.4. The molecule has 1 fully saturated rings. The Kier molecular flexibility index (Phi) is 8.67. The Balaban J connectivity index is 1.17. The van der Waals surface area contributed by atoms with Crippen LogP contribution in [-0.2, 0) is 45.7 Å². The number of aromatic nitrogens is 3. The Morgan fingerprint density at radius 3 is 2.87 bits per heavy atom. The van der Waals surface area contributed by atoms with Crippen LogP contribution in [0, 0.1) is 0 Å². The third kappa shape index (κ3) is 5.90. The molecular weight excluding hydrogens is 659 g/mol. The second-order valence-corrected chi connectivity index (χ2v) is 13.6. The van der Waals surface area contributed by atoms with Crippen LogP contribution in [0.25, 0.3) is 0 Å². The summed E-state index contributed by atoms with van der Waals surface area (Å²) in [5.74, 6) is -2.53. The zero-order chi connectivity index (χ0) is 32.7. The monoisotopic (exact) mass is 686 g/mol. The van der Waals surface area contributed by atoms with Gasteiger partial charge in [-0.2, -0.15) is 4.73 Å². The van der Waals surface area contributed by atoms with Crippen LogP contribution in [0.15, 0.2) is 56.0 Å². The van der Waals surface area contributed by atoms with Crippen molar-refractivity contribution in [1.82, 2.24) is 19.9 Å². The standard InChI is InChI=1S/C28H27N7O8S3/c1-33-6-5-20(15-3-2-4-17(15)33)44-10-13-11-45-26-22(25(39)35(26)23(13)27(40)41)31-24(38)21(16-12-46-28(29)30-16)32-43-9-14-7-18(36)19(37)8-34(14)42/h5-8,12,22,26,42H,2-4,9-11H2,1H3,(H4-,29,30,31,37,38,40,41)/p+1/b32-21+/t22-,26-/m1/s1. The van der Waals surface area contributed by atoms with Gasteiger partial charge in [-0.1, -0.05) is 5.16 Å². The number of hydrogen-bond donors (Lipinski definition) is 5. The van der Waals surface area contributed by atoms with E-state index < -0.39 is 47.0 Å². The van der Waals surface area contributed by atoms with Crippen LogP contribution in [0.5, 0.6) is 5.75 Å². The highest BCUT2D eigenvalue weighted by Crippen LogP contribution is 2.42. The predicted molar refractivity (Wildman–Crippen MR) is 167 cm³/mol. The van der Waals surface area contributed by atoms with Gasteiger partial charge in [0, 0.05) is 45.9 Å². The number of thioether (sulfide) groups is 2. The lowest BCUT2D eigenvalue weighted by Crippen LogP contribution is -2.71. The Labute approximate surface area is 273 Å². The number of carbonyl (C=O) groups excluding carboxylic acids is 2. The first-order valence-electron chi connectivity index (χ1n) is 13.9. The Morgan fingerprint density at radius 2 is 2.13 bits per heavy atom. The zero-order valence-electron chi connectivity index (χ0n) is 24.2. The molecule has 6 rings (SSSR count). The van der Waals surface area contributed by atoms with Gasteiger partial charge in [-0.3, -0.25) is 19.3 Å². The van der Waals surface area contributed by atoms with E-state index >= 15 is 0 Å². The summed E-state index contributed by atoms with van der Waals surface area (Å²) < 4.78 is 2.60. The Hall–Kier alpha value is -4.55. The van der Waals surface area contributed by atoms with Crippen LogP contribution in [0.1, 0.15) is 29.1 Å². The number of nitrogen functional groups attached to an aromatic ring is 1. The van der Waals surface area contributed by atoms with Crippen molar-refractivity contribution in [3.63, 3.8) is 0 Å². The lowest BCUT2D eigenvalue weighted by Gasteiger charge is -2.49. The molecule has 6 N–H and O–H groups in total. The maximum Gasteiger partial charge on any atom is 0.352 e. The largest absolute Gasteiger partial charge is 0.503 e. The van der Waals surface area contributed by atoms with Crippen molar-refractivity contribution in [1.29, 1.82) is 0 Å². The first-order chi connectivity index (χ1) is 22.0. The fourth-order valence-electron chi connectivity index (χ4n) is 5.48.